The molecule has 108 valence electrons. The van der Waals surface area contributed by atoms with E-state index >= 15 is 0 Å². The lowest BCUT2D eigenvalue weighted by Gasteiger charge is -2.10. The fraction of sp³-hybridized carbons (Fsp3) is 0.471. The quantitative estimate of drug-likeness (QED) is 0.810. The Hall–Kier alpha value is -1.79. The highest BCUT2D eigenvalue weighted by molar-refractivity contribution is 5.94. The van der Waals surface area contributed by atoms with E-state index < -0.39 is 0 Å². The molecule has 3 heteroatoms. The minimum absolute atomic E-state index is 0.0563. The molecule has 0 fully saturated rings. The topological polar surface area (TPSA) is 49.3 Å². The third kappa shape index (κ3) is 5.46. The molecule has 1 rings (SSSR count). The number of hydrogen-bond acceptors (Lipinski definition) is 2. The van der Waals surface area contributed by atoms with E-state index in [1.54, 1.807) is 6.07 Å². The lowest BCUT2D eigenvalue weighted by Crippen LogP contribution is -2.28. The molecule has 20 heavy (non-hydrogen) atoms. The Balaban J connectivity index is 2.80. The smallest absolute Gasteiger partial charge is 0.251 e. The van der Waals surface area contributed by atoms with Gasteiger partial charge >= 0.3 is 0 Å². The SMILES string of the molecule is CCC(C)CNC(=O)c1cc(C)cc(C#CCCO)c1. The number of rotatable bonds is 5. The molecule has 0 spiro atoms. The molecule has 1 unspecified atom stereocenters. The largest absolute Gasteiger partial charge is 0.395 e. The van der Waals surface area contributed by atoms with Crippen LogP contribution in [0.4, 0.5) is 0 Å². The molecule has 0 saturated heterocycles. The number of benzene rings is 1. The van der Waals surface area contributed by atoms with E-state index in [-0.39, 0.29) is 12.5 Å². The standard InChI is InChI=1S/C17H23NO2/c1-4-13(2)12-18-17(20)16-10-14(3)9-15(11-16)7-5-6-8-19/h9-11,13,19H,4,6,8,12H2,1-3H3,(H,18,20). The maximum Gasteiger partial charge on any atom is 0.251 e. The van der Waals surface area contributed by atoms with Crippen molar-refractivity contribution in [3.05, 3.63) is 34.9 Å². The van der Waals surface area contributed by atoms with E-state index in [1.807, 2.05) is 19.1 Å². The maximum atomic E-state index is 12.1. The Kier molecular flexibility index (Phi) is 6.83. The van der Waals surface area contributed by atoms with Gasteiger partial charge in [-0.15, -0.1) is 0 Å². The normalized spacial score (nSPS) is 11.4. The summed E-state index contributed by atoms with van der Waals surface area (Å²) in [7, 11) is 0. The number of aryl methyl sites for hydroxylation is 1. The average molecular weight is 273 g/mol. The molecule has 0 saturated carbocycles. The highest BCUT2D eigenvalue weighted by Gasteiger charge is 2.08. The van der Waals surface area contributed by atoms with Gasteiger partial charge in [-0.1, -0.05) is 32.1 Å². The monoisotopic (exact) mass is 273 g/mol. The van der Waals surface area contributed by atoms with Gasteiger partial charge in [0.2, 0.25) is 0 Å². The van der Waals surface area contributed by atoms with Crippen molar-refractivity contribution >= 4 is 5.91 Å². The molecular formula is C17H23NO2. The highest BCUT2D eigenvalue weighted by Crippen LogP contribution is 2.09. The molecule has 1 aromatic rings. The van der Waals surface area contributed by atoms with Crippen molar-refractivity contribution in [1.82, 2.24) is 5.32 Å². The van der Waals surface area contributed by atoms with Gasteiger partial charge < -0.3 is 10.4 Å². The number of nitrogens with one attached hydrogen (secondary N) is 1. The first kappa shape index (κ1) is 16.3. The van der Waals surface area contributed by atoms with Crippen LogP contribution in [0.15, 0.2) is 18.2 Å². The van der Waals surface area contributed by atoms with Gasteiger partial charge in [0.15, 0.2) is 0 Å². The number of aliphatic hydroxyl groups is 1. The predicted molar refractivity (Wildman–Crippen MR) is 81.5 cm³/mol. The molecule has 0 heterocycles. The van der Waals surface area contributed by atoms with E-state index in [2.05, 4.69) is 31.0 Å². The summed E-state index contributed by atoms with van der Waals surface area (Å²) in [4.78, 5) is 12.1. The van der Waals surface area contributed by atoms with Gasteiger partial charge in [-0.05, 0) is 36.6 Å². The first-order valence-electron chi connectivity index (χ1n) is 7.06. The van der Waals surface area contributed by atoms with Crippen LogP contribution in [0.1, 0.15) is 48.2 Å². The summed E-state index contributed by atoms with van der Waals surface area (Å²) in [6.45, 7) is 6.92. The minimum Gasteiger partial charge on any atom is -0.395 e. The minimum atomic E-state index is -0.0563. The van der Waals surface area contributed by atoms with Crippen LogP contribution < -0.4 is 5.32 Å². The van der Waals surface area contributed by atoms with E-state index in [9.17, 15) is 4.79 Å². The van der Waals surface area contributed by atoms with Crippen molar-refractivity contribution in [2.75, 3.05) is 13.2 Å². The van der Waals surface area contributed by atoms with Crippen LogP contribution in [0, 0.1) is 24.7 Å². The molecule has 1 aromatic carbocycles. The fourth-order valence-electron chi connectivity index (χ4n) is 1.72. The van der Waals surface area contributed by atoms with Gasteiger partial charge in [-0.25, -0.2) is 0 Å². The van der Waals surface area contributed by atoms with Crippen molar-refractivity contribution in [2.24, 2.45) is 5.92 Å². The molecule has 2 N–H and O–H groups in total. The van der Waals surface area contributed by atoms with Gasteiger partial charge in [0.05, 0.1) is 6.61 Å². The van der Waals surface area contributed by atoms with Crippen LogP contribution in [0.25, 0.3) is 0 Å². The molecular weight excluding hydrogens is 250 g/mol. The highest BCUT2D eigenvalue weighted by atomic mass is 16.2. The van der Waals surface area contributed by atoms with Gasteiger partial charge in [0.1, 0.15) is 0 Å². The van der Waals surface area contributed by atoms with Crippen LogP contribution in [0.2, 0.25) is 0 Å². The zero-order chi connectivity index (χ0) is 15.0. The van der Waals surface area contributed by atoms with Crippen LogP contribution in [-0.4, -0.2) is 24.2 Å². The zero-order valence-electron chi connectivity index (χ0n) is 12.5. The molecule has 0 aromatic heterocycles. The van der Waals surface area contributed by atoms with E-state index in [0.717, 1.165) is 17.5 Å². The number of carbonyl (C=O) groups excluding carboxylic acids is 1. The summed E-state index contributed by atoms with van der Waals surface area (Å²) in [6, 6.07) is 5.60. The van der Waals surface area contributed by atoms with Crippen LogP contribution >= 0.6 is 0 Å². The summed E-state index contributed by atoms with van der Waals surface area (Å²) in [5, 5.41) is 11.7. The van der Waals surface area contributed by atoms with Gasteiger partial charge in [-0.2, -0.15) is 0 Å². The molecule has 1 atom stereocenters. The van der Waals surface area contributed by atoms with Crippen LogP contribution in [0.3, 0.4) is 0 Å². The zero-order valence-corrected chi connectivity index (χ0v) is 12.5. The molecule has 0 bridgehead atoms. The predicted octanol–water partition coefficient (Wildman–Crippen LogP) is 2.50. The van der Waals surface area contributed by atoms with Crippen molar-refractivity contribution in [3.8, 4) is 11.8 Å². The third-order valence-corrected chi connectivity index (χ3v) is 3.12. The molecule has 3 nitrogen and oxygen atoms in total. The Labute approximate surface area is 121 Å². The van der Waals surface area contributed by atoms with Crippen LogP contribution in [0.5, 0.6) is 0 Å². The molecule has 0 aliphatic heterocycles. The first-order chi connectivity index (χ1) is 9.56. The van der Waals surface area contributed by atoms with Crippen molar-refractivity contribution in [3.63, 3.8) is 0 Å². The Bertz CT molecular complexity index is 511. The van der Waals surface area contributed by atoms with Crippen molar-refractivity contribution in [2.45, 2.75) is 33.6 Å². The fourth-order valence-corrected chi connectivity index (χ4v) is 1.72. The molecule has 0 aliphatic rings. The second-order valence-electron chi connectivity index (χ2n) is 5.09. The average Bonchev–Trinajstić information content (AvgIpc) is 2.44. The van der Waals surface area contributed by atoms with Gasteiger partial charge in [-0.3, -0.25) is 4.79 Å². The maximum absolute atomic E-state index is 12.1. The first-order valence-corrected chi connectivity index (χ1v) is 7.06. The van der Waals surface area contributed by atoms with Gasteiger partial charge in [0, 0.05) is 24.1 Å². The van der Waals surface area contributed by atoms with E-state index in [1.165, 1.54) is 0 Å². The summed E-state index contributed by atoms with van der Waals surface area (Å²) >= 11 is 0. The number of carbonyl (C=O) groups is 1. The Morgan fingerprint density at radius 1 is 1.40 bits per heavy atom. The van der Waals surface area contributed by atoms with E-state index in [0.29, 0.717) is 24.4 Å². The van der Waals surface area contributed by atoms with Gasteiger partial charge in [0.25, 0.3) is 5.91 Å². The second-order valence-corrected chi connectivity index (χ2v) is 5.09. The summed E-state index contributed by atoms with van der Waals surface area (Å²) < 4.78 is 0. The Morgan fingerprint density at radius 2 is 2.15 bits per heavy atom. The van der Waals surface area contributed by atoms with Crippen molar-refractivity contribution < 1.29 is 9.90 Å². The second kappa shape index (κ2) is 8.39. The Morgan fingerprint density at radius 3 is 2.80 bits per heavy atom. The number of hydrogen-bond donors (Lipinski definition) is 2. The molecule has 1 amide bonds. The molecule has 0 aliphatic carbocycles. The van der Waals surface area contributed by atoms with Crippen molar-refractivity contribution in [1.29, 1.82) is 0 Å². The summed E-state index contributed by atoms with van der Waals surface area (Å²) in [6.07, 6.45) is 1.50. The number of aliphatic hydroxyl groups excluding tert-OH is 1. The lowest BCUT2D eigenvalue weighted by atomic mass is 10.1. The van der Waals surface area contributed by atoms with Crippen LogP contribution in [-0.2, 0) is 0 Å². The number of amides is 1. The van der Waals surface area contributed by atoms with E-state index in [4.69, 9.17) is 5.11 Å². The summed E-state index contributed by atoms with van der Waals surface area (Å²) in [5.41, 5.74) is 2.46. The third-order valence-electron chi connectivity index (χ3n) is 3.12. The lowest BCUT2D eigenvalue weighted by molar-refractivity contribution is 0.0947. The molecule has 0 radical (unpaired) electrons. The summed E-state index contributed by atoms with van der Waals surface area (Å²) in [5.74, 6) is 6.26.